The number of nitrogens with one attached hydrogen (secondary N) is 2. The SMILES string of the molecule is CCC(OC(=O)c1ccc(NC2CC2)c([N+](=O)[O-])c1)C(=O)Nc1cc(C)on1. The van der Waals surface area contributed by atoms with Crippen molar-refractivity contribution in [3.63, 3.8) is 0 Å². The van der Waals surface area contributed by atoms with E-state index in [1.807, 2.05) is 0 Å². The Morgan fingerprint density at radius 3 is 2.71 bits per heavy atom. The first-order chi connectivity index (χ1) is 13.4. The Hall–Kier alpha value is -3.43. The Kier molecular flexibility index (Phi) is 5.57. The number of anilines is 2. The Balaban J connectivity index is 1.70. The van der Waals surface area contributed by atoms with Crippen molar-refractivity contribution in [1.29, 1.82) is 0 Å². The van der Waals surface area contributed by atoms with Crippen LogP contribution in [0.25, 0.3) is 0 Å². The van der Waals surface area contributed by atoms with Crippen LogP contribution < -0.4 is 10.6 Å². The van der Waals surface area contributed by atoms with Gasteiger partial charge < -0.3 is 19.9 Å². The molecule has 2 N–H and O–H groups in total. The second kappa shape index (κ2) is 8.07. The molecule has 2 aromatic rings. The fraction of sp³-hybridized carbons (Fsp3) is 0.389. The van der Waals surface area contributed by atoms with Crippen LogP contribution in [0.15, 0.2) is 28.8 Å². The van der Waals surface area contributed by atoms with Crippen LogP contribution >= 0.6 is 0 Å². The van der Waals surface area contributed by atoms with Gasteiger partial charge in [0, 0.05) is 18.2 Å². The zero-order valence-corrected chi connectivity index (χ0v) is 15.4. The van der Waals surface area contributed by atoms with Crippen LogP contribution in [0.5, 0.6) is 0 Å². The first kappa shape index (κ1) is 19.3. The number of ether oxygens (including phenoxy) is 1. The zero-order valence-electron chi connectivity index (χ0n) is 15.4. The first-order valence-electron chi connectivity index (χ1n) is 8.87. The number of nitro benzene ring substituents is 1. The molecule has 1 aromatic heterocycles. The van der Waals surface area contributed by atoms with E-state index in [2.05, 4.69) is 15.8 Å². The maximum atomic E-state index is 12.4. The molecule has 1 amide bonds. The molecule has 1 aromatic carbocycles. The van der Waals surface area contributed by atoms with Crippen molar-refractivity contribution in [1.82, 2.24) is 5.16 Å². The summed E-state index contributed by atoms with van der Waals surface area (Å²) in [5.41, 5.74) is 0.142. The number of aryl methyl sites for hydroxylation is 1. The number of nitrogens with zero attached hydrogens (tertiary/aromatic N) is 2. The lowest BCUT2D eigenvalue weighted by atomic mass is 10.1. The van der Waals surface area contributed by atoms with E-state index >= 15 is 0 Å². The highest BCUT2D eigenvalue weighted by Gasteiger charge is 2.27. The maximum Gasteiger partial charge on any atom is 0.339 e. The van der Waals surface area contributed by atoms with Crippen molar-refractivity contribution in [3.05, 3.63) is 45.7 Å². The second-order valence-corrected chi connectivity index (χ2v) is 6.52. The molecule has 28 heavy (non-hydrogen) atoms. The molecule has 1 aliphatic rings. The van der Waals surface area contributed by atoms with Gasteiger partial charge in [0.15, 0.2) is 11.9 Å². The normalized spacial score (nSPS) is 14.2. The van der Waals surface area contributed by atoms with Crippen LogP contribution in [0.4, 0.5) is 17.2 Å². The van der Waals surface area contributed by atoms with E-state index in [4.69, 9.17) is 9.26 Å². The lowest BCUT2D eigenvalue weighted by Gasteiger charge is -2.15. The zero-order chi connectivity index (χ0) is 20.3. The van der Waals surface area contributed by atoms with Crippen molar-refractivity contribution in [3.8, 4) is 0 Å². The monoisotopic (exact) mass is 388 g/mol. The Morgan fingerprint density at radius 1 is 1.39 bits per heavy atom. The van der Waals surface area contributed by atoms with Crippen LogP contribution in [0.2, 0.25) is 0 Å². The molecule has 1 heterocycles. The lowest BCUT2D eigenvalue weighted by Crippen LogP contribution is -2.32. The molecule has 1 fully saturated rings. The van der Waals surface area contributed by atoms with Crippen molar-refractivity contribution in [2.45, 2.75) is 45.3 Å². The number of amides is 1. The molecule has 3 rings (SSSR count). The lowest BCUT2D eigenvalue weighted by molar-refractivity contribution is -0.384. The van der Waals surface area contributed by atoms with Crippen molar-refractivity contribution < 1.29 is 23.8 Å². The fourth-order valence-corrected chi connectivity index (χ4v) is 2.53. The molecule has 148 valence electrons. The first-order valence-corrected chi connectivity index (χ1v) is 8.87. The van der Waals surface area contributed by atoms with Crippen molar-refractivity contribution in [2.75, 3.05) is 10.6 Å². The number of hydrogen-bond acceptors (Lipinski definition) is 8. The van der Waals surface area contributed by atoms with Crippen molar-refractivity contribution in [2.24, 2.45) is 0 Å². The Morgan fingerprint density at radius 2 is 2.14 bits per heavy atom. The molecule has 0 aliphatic heterocycles. The minimum absolute atomic E-state index is 0.00317. The molecule has 1 unspecified atom stereocenters. The summed E-state index contributed by atoms with van der Waals surface area (Å²) in [6, 6.07) is 5.82. The highest BCUT2D eigenvalue weighted by Crippen LogP contribution is 2.31. The Bertz CT molecular complexity index is 905. The summed E-state index contributed by atoms with van der Waals surface area (Å²) in [6.45, 7) is 3.35. The van der Waals surface area contributed by atoms with Gasteiger partial charge in [0.05, 0.1) is 10.5 Å². The molecule has 0 radical (unpaired) electrons. The van der Waals surface area contributed by atoms with Gasteiger partial charge in [0.1, 0.15) is 11.4 Å². The van der Waals surface area contributed by atoms with Crippen LogP contribution in [-0.2, 0) is 9.53 Å². The summed E-state index contributed by atoms with van der Waals surface area (Å²) >= 11 is 0. The van der Waals surface area contributed by atoms with E-state index in [9.17, 15) is 19.7 Å². The predicted molar refractivity (Wildman–Crippen MR) is 99.1 cm³/mol. The highest BCUT2D eigenvalue weighted by molar-refractivity contribution is 5.97. The van der Waals surface area contributed by atoms with E-state index < -0.39 is 22.9 Å². The summed E-state index contributed by atoms with van der Waals surface area (Å²) in [4.78, 5) is 35.5. The van der Waals surface area contributed by atoms with Crippen LogP contribution in [0, 0.1) is 17.0 Å². The van der Waals surface area contributed by atoms with E-state index in [1.54, 1.807) is 13.8 Å². The third-order valence-electron chi connectivity index (χ3n) is 4.16. The molecule has 0 spiro atoms. The van der Waals surface area contributed by atoms with Gasteiger partial charge in [-0.15, -0.1) is 0 Å². The van der Waals surface area contributed by atoms with E-state index in [1.165, 1.54) is 18.2 Å². The topological polar surface area (TPSA) is 137 Å². The van der Waals surface area contributed by atoms with Gasteiger partial charge in [-0.2, -0.15) is 0 Å². The summed E-state index contributed by atoms with van der Waals surface area (Å²) in [6.07, 6.45) is 1.06. The van der Waals surface area contributed by atoms with Crippen LogP contribution in [-0.4, -0.2) is 34.1 Å². The molecular formula is C18H20N4O6. The van der Waals surface area contributed by atoms with Crippen LogP contribution in [0.1, 0.15) is 42.3 Å². The van der Waals surface area contributed by atoms with Crippen molar-refractivity contribution >= 4 is 29.1 Å². The molecule has 0 saturated heterocycles. The number of aromatic nitrogens is 1. The number of carbonyl (C=O) groups is 2. The largest absolute Gasteiger partial charge is 0.449 e. The third kappa shape index (κ3) is 4.64. The van der Waals surface area contributed by atoms with Gasteiger partial charge in [0.25, 0.3) is 11.6 Å². The van der Waals surface area contributed by atoms with Crippen LogP contribution in [0.3, 0.4) is 0 Å². The maximum absolute atomic E-state index is 12.4. The third-order valence-corrected chi connectivity index (χ3v) is 4.16. The van der Waals surface area contributed by atoms with Gasteiger partial charge >= 0.3 is 5.97 Å². The molecule has 0 bridgehead atoms. The molecule has 1 atom stereocenters. The van der Waals surface area contributed by atoms with E-state index in [0.717, 1.165) is 18.9 Å². The molecule has 10 heteroatoms. The number of esters is 1. The molecular weight excluding hydrogens is 368 g/mol. The smallest absolute Gasteiger partial charge is 0.339 e. The Labute approximate surface area is 160 Å². The molecule has 1 aliphatic carbocycles. The van der Waals surface area contributed by atoms with Gasteiger partial charge in [0.2, 0.25) is 0 Å². The summed E-state index contributed by atoms with van der Waals surface area (Å²) in [5.74, 6) is -0.652. The number of hydrogen-bond donors (Lipinski definition) is 2. The number of benzene rings is 1. The van der Waals surface area contributed by atoms with Gasteiger partial charge in [-0.05, 0) is 38.3 Å². The number of carbonyl (C=O) groups excluding carboxylic acids is 2. The standard InChI is InChI=1S/C18H20N4O6/c1-3-15(17(23)20-16-8-10(2)28-21-16)27-18(24)11-4-7-13(19-12-5-6-12)14(9-11)22(25)26/h4,7-9,12,15,19H,3,5-6H2,1-2H3,(H,20,21,23). The molecule has 1 saturated carbocycles. The fourth-order valence-electron chi connectivity index (χ4n) is 2.53. The summed E-state index contributed by atoms with van der Waals surface area (Å²) in [5, 5.41) is 20.5. The van der Waals surface area contributed by atoms with Gasteiger partial charge in [-0.3, -0.25) is 14.9 Å². The summed E-state index contributed by atoms with van der Waals surface area (Å²) in [7, 11) is 0. The molecule has 10 nitrogen and oxygen atoms in total. The quantitative estimate of drug-likeness (QED) is 0.400. The number of nitro groups is 1. The van der Waals surface area contributed by atoms with E-state index in [-0.39, 0.29) is 29.5 Å². The van der Waals surface area contributed by atoms with Gasteiger partial charge in [-0.1, -0.05) is 12.1 Å². The predicted octanol–water partition coefficient (Wildman–Crippen LogP) is 3.04. The minimum atomic E-state index is -1.08. The minimum Gasteiger partial charge on any atom is -0.449 e. The highest BCUT2D eigenvalue weighted by atomic mass is 16.6. The number of rotatable bonds is 8. The summed E-state index contributed by atoms with van der Waals surface area (Å²) < 4.78 is 10.1. The average molecular weight is 388 g/mol. The average Bonchev–Trinajstić information content (AvgIpc) is 3.39. The van der Waals surface area contributed by atoms with E-state index in [0.29, 0.717) is 11.4 Å². The van der Waals surface area contributed by atoms with Gasteiger partial charge in [-0.25, -0.2) is 4.79 Å². The second-order valence-electron chi connectivity index (χ2n) is 6.52.